The first-order chi connectivity index (χ1) is 21.8. The topological polar surface area (TPSA) is 116 Å². The number of ether oxygens (including phenoxy) is 5. The summed E-state index contributed by atoms with van der Waals surface area (Å²) in [6, 6.07) is 26.6. The molecule has 0 aliphatic heterocycles. The zero-order valence-corrected chi connectivity index (χ0v) is 25.7. The summed E-state index contributed by atoms with van der Waals surface area (Å²) >= 11 is 6.57. The van der Waals surface area contributed by atoms with E-state index in [-0.39, 0.29) is 17.2 Å². The van der Waals surface area contributed by atoms with Gasteiger partial charge in [-0.3, -0.25) is 4.79 Å². The maximum Gasteiger partial charge on any atom is 0.337 e. The second-order valence-electron chi connectivity index (χ2n) is 9.50. The fraction of sp³-hybridized carbons (Fsp3) is 0.171. The second kappa shape index (κ2) is 15.8. The zero-order chi connectivity index (χ0) is 32.2. The van der Waals surface area contributed by atoms with Crippen molar-refractivity contribution in [2.45, 2.75) is 20.1 Å². The van der Waals surface area contributed by atoms with Crippen LogP contribution < -0.4 is 24.3 Å². The smallest absolute Gasteiger partial charge is 0.337 e. The summed E-state index contributed by atoms with van der Waals surface area (Å²) in [7, 11) is 2.75. The summed E-state index contributed by atoms with van der Waals surface area (Å²) in [5.74, 6) is 0.688. The van der Waals surface area contributed by atoms with Gasteiger partial charge in [0.2, 0.25) is 0 Å². The number of rotatable bonds is 13. The Kier molecular flexibility index (Phi) is 11.4. The lowest BCUT2D eigenvalue weighted by Crippen LogP contribution is -2.13. The van der Waals surface area contributed by atoms with Gasteiger partial charge in [-0.2, -0.15) is 5.26 Å². The molecule has 0 saturated carbocycles. The Bertz CT molecular complexity index is 1710. The Labute approximate surface area is 266 Å². The molecule has 4 rings (SSSR count). The van der Waals surface area contributed by atoms with Crippen LogP contribution in [0.3, 0.4) is 0 Å². The largest absolute Gasteiger partial charge is 0.493 e. The number of nitrogens with one attached hydrogen (secondary N) is 1. The highest BCUT2D eigenvalue weighted by molar-refractivity contribution is 6.32. The number of nitrogens with zero attached hydrogens (tertiary/aromatic N) is 1. The number of nitriles is 1. The molecule has 0 atom stereocenters. The molecule has 230 valence electrons. The molecule has 45 heavy (non-hydrogen) atoms. The number of hydrogen-bond donors (Lipinski definition) is 1. The maximum absolute atomic E-state index is 12.8. The van der Waals surface area contributed by atoms with Crippen molar-refractivity contribution in [1.82, 2.24) is 0 Å². The first kappa shape index (κ1) is 32.5. The monoisotopic (exact) mass is 626 g/mol. The van der Waals surface area contributed by atoms with Crippen molar-refractivity contribution in [3.8, 4) is 29.1 Å². The third-order valence-electron chi connectivity index (χ3n) is 6.42. The fourth-order valence-corrected chi connectivity index (χ4v) is 4.48. The summed E-state index contributed by atoms with van der Waals surface area (Å²) in [5.41, 5.74) is 2.87. The molecule has 0 spiro atoms. The quantitative estimate of drug-likeness (QED) is 0.0938. The van der Waals surface area contributed by atoms with Crippen LogP contribution >= 0.6 is 11.6 Å². The molecule has 9 nitrogen and oxygen atoms in total. The van der Waals surface area contributed by atoms with Crippen LogP contribution in [0.25, 0.3) is 6.08 Å². The molecule has 1 amide bonds. The number of methoxy groups -OCH3 is 2. The number of carbonyl (C=O) groups is 2. The Morgan fingerprint density at radius 2 is 1.58 bits per heavy atom. The minimum absolute atomic E-state index is 0.158. The van der Waals surface area contributed by atoms with E-state index in [0.717, 1.165) is 11.1 Å². The van der Waals surface area contributed by atoms with Crippen LogP contribution in [-0.4, -0.2) is 32.7 Å². The SMILES string of the molecule is CCOc1cc(COc2c(Cl)cc(/C=C(/C#N)C(=O)Nc3ccc(C(=O)OC)cc3)cc2OC)ccc1OCc1ccccc1. The summed E-state index contributed by atoms with van der Waals surface area (Å²) in [6.07, 6.45) is 1.39. The maximum atomic E-state index is 12.8. The molecule has 0 saturated heterocycles. The van der Waals surface area contributed by atoms with Crippen LogP contribution in [0.2, 0.25) is 5.02 Å². The summed E-state index contributed by atoms with van der Waals surface area (Å²) in [4.78, 5) is 24.4. The highest BCUT2D eigenvalue weighted by atomic mass is 35.5. The van der Waals surface area contributed by atoms with Gasteiger partial charge in [-0.15, -0.1) is 0 Å². The van der Waals surface area contributed by atoms with E-state index in [1.165, 1.54) is 44.6 Å². The minimum Gasteiger partial charge on any atom is -0.493 e. The molecule has 10 heteroatoms. The molecule has 4 aromatic rings. The number of benzene rings is 4. The lowest BCUT2D eigenvalue weighted by molar-refractivity contribution is -0.112. The van der Waals surface area contributed by atoms with E-state index in [4.69, 9.17) is 30.5 Å². The van der Waals surface area contributed by atoms with Gasteiger partial charge in [-0.05, 0) is 78.2 Å². The Balaban J connectivity index is 1.46. The lowest BCUT2D eigenvalue weighted by atomic mass is 10.1. The van der Waals surface area contributed by atoms with Gasteiger partial charge in [0, 0.05) is 5.69 Å². The van der Waals surface area contributed by atoms with Crippen molar-refractivity contribution < 1.29 is 33.3 Å². The van der Waals surface area contributed by atoms with Crippen LogP contribution in [0.4, 0.5) is 5.69 Å². The van der Waals surface area contributed by atoms with E-state index in [2.05, 4.69) is 10.1 Å². The van der Waals surface area contributed by atoms with E-state index < -0.39 is 11.9 Å². The van der Waals surface area contributed by atoms with E-state index in [1.807, 2.05) is 61.5 Å². The van der Waals surface area contributed by atoms with E-state index in [1.54, 1.807) is 12.1 Å². The fourth-order valence-electron chi connectivity index (χ4n) is 4.21. The average Bonchev–Trinajstić information content (AvgIpc) is 3.06. The number of esters is 1. The third kappa shape index (κ3) is 8.78. The minimum atomic E-state index is -0.639. The van der Waals surface area contributed by atoms with Gasteiger partial charge in [-0.1, -0.05) is 48.0 Å². The van der Waals surface area contributed by atoms with Crippen molar-refractivity contribution in [2.75, 3.05) is 26.1 Å². The molecule has 0 aliphatic carbocycles. The molecular weight excluding hydrogens is 596 g/mol. The molecule has 0 bridgehead atoms. The molecule has 0 aliphatic rings. The Morgan fingerprint density at radius 1 is 0.844 bits per heavy atom. The summed E-state index contributed by atoms with van der Waals surface area (Å²) in [5, 5.41) is 12.5. The predicted molar refractivity (Wildman–Crippen MR) is 171 cm³/mol. The molecule has 0 aromatic heterocycles. The van der Waals surface area contributed by atoms with Gasteiger partial charge in [0.1, 0.15) is 24.9 Å². The molecule has 0 unspecified atom stereocenters. The van der Waals surface area contributed by atoms with Crippen molar-refractivity contribution >= 4 is 35.2 Å². The van der Waals surface area contributed by atoms with Gasteiger partial charge in [0.15, 0.2) is 23.0 Å². The first-order valence-electron chi connectivity index (χ1n) is 13.9. The number of anilines is 1. The van der Waals surface area contributed by atoms with E-state index in [9.17, 15) is 14.9 Å². The Hall–Kier alpha value is -5.46. The number of carbonyl (C=O) groups excluding carboxylic acids is 2. The van der Waals surface area contributed by atoms with E-state index >= 15 is 0 Å². The average molecular weight is 627 g/mol. The number of hydrogen-bond acceptors (Lipinski definition) is 8. The van der Waals surface area contributed by atoms with Crippen LogP contribution in [-0.2, 0) is 22.7 Å². The molecular formula is C35H31ClN2O7. The first-order valence-corrected chi connectivity index (χ1v) is 14.3. The van der Waals surface area contributed by atoms with Crippen molar-refractivity contribution in [3.05, 3.63) is 118 Å². The normalized spacial score (nSPS) is 10.8. The van der Waals surface area contributed by atoms with Gasteiger partial charge in [-0.25, -0.2) is 4.79 Å². The van der Waals surface area contributed by atoms with E-state index in [0.29, 0.717) is 53.0 Å². The standard InChI is InChI=1S/C35H31ClN2O7/c1-4-43-31-18-24(10-15-30(31)44-21-23-8-6-5-7-9-23)22-45-33-29(36)17-25(19-32(33)41-2)16-27(20-37)34(39)38-28-13-11-26(12-14-28)35(40)42-3/h5-19H,4,21-22H2,1-3H3,(H,38,39)/b27-16-. The van der Waals surface area contributed by atoms with Crippen LogP contribution in [0.5, 0.6) is 23.0 Å². The second-order valence-corrected chi connectivity index (χ2v) is 9.91. The summed E-state index contributed by atoms with van der Waals surface area (Å²) < 4.78 is 28.0. The number of amides is 1. The zero-order valence-electron chi connectivity index (χ0n) is 25.0. The van der Waals surface area contributed by atoms with Crippen molar-refractivity contribution in [3.63, 3.8) is 0 Å². The van der Waals surface area contributed by atoms with Crippen LogP contribution in [0, 0.1) is 11.3 Å². The molecule has 4 aromatic carbocycles. The third-order valence-corrected chi connectivity index (χ3v) is 6.70. The van der Waals surface area contributed by atoms with Gasteiger partial charge in [0.05, 0.1) is 31.4 Å². The van der Waals surface area contributed by atoms with Gasteiger partial charge < -0.3 is 29.0 Å². The number of halogens is 1. The lowest BCUT2D eigenvalue weighted by Gasteiger charge is -2.16. The molecule has 0 radical (unpaired) electrons. The van der Waals surface area contributed by atoms with Crippen LogP contribution in [0.15, 0.2) is 90.5 Å². The predicted octanol–water partition coefficient (Wildman–Crippen LogP) is 7.24. The van der Waals surface area contributed by atoms with Crippen molar-refractivity contribution in [1.29, 1.82) is 5.26 Å². The van der Waals surface area contributed by atoms with Crippen molar-refractivity contribution in [2.24, 2.45) is 0 Å². The van der Waals surface area contributed by atoms with Gasteiger partial charge >= 0.3 is 5.97 Å². The van der Waals surface area contributed by atoms with Gasteiger partial charge in [0.25, 0.3) is 5.91 Å². The molecule has 0 fully saturated rings. The highest BCUT2D eigenvalue weighted by Gasteiger charge is 2.16. The molecule has 0 heterocycles. The Morgan fingerprint density at radius 3 is 2.24 bits per heavy atom. The van der Waals surface area contributed by atoms with Crippen LogP contribution in [0.1, 0.15) is 34.0 Å². The summed E-state index contributed by atoms with van der Waals surface area (Å²) in [6.45, 7) is 2.93. The highest BCUT2D eigenvalue weighted by Crippen LogP contribution is 2.38. The molecule has 1 N–H and O–H groups in total.